The number of ether oxygens (including phenoxy) is 3. The van der Waals surface area contributed by atoms with Crippen LogP contribution in [0.3, 0.4) is 0 Å². The van der Waals surface area contributed by atoms with Crippen LogP contribution in [0.1, 0.15) is 0 Å². The fourth-order valence-electron chi connectivity index (χ4n) is 4.81. The van der Waals surface area contributed by atoms with Crippen molar-refractivity contribution < 1.29 is 29.5 Å². The summed E-state index contributed by atoms with van der Waals surface area (Å²) in [6.07, 6.45) is -3.41. The highest BCUT2D eigenvalue weighted by Gasteiger charge is 2.60. The van der Waals surface area contributed by atoms with Crippen LogP contribution in [0.15, 0.2) is 60.7 Å². The van der Waals surface area contributed by atoms with Gasteiger partial charge in [-0.1, -0.05) is 66.2 Å². The molecule has 0 spiro atoms. The predicted octanol–water partition coefficient (Wildman–Crippen LogP) is 2.57. The van der Waals surface area contributed by atoms with Gasteiger partial charge in [-0.15, -0.1) is 0 Å². The van der Waals surface area contributed by atoms with Crippen molar-refractivity contribution in [3.05, 3.63) is 65.7 Å². The molecule has 6 rings (SSSR count). The van der Waals surface area contributed by atoms with Crippen LogP contribution >= 0.6 is 11.6 Å². The van der Waals surface area contributed by atoms with Gasteiger partial charge in [0, 0.05) is 5.56 Å². The van der Waals surface area contributed by atoms with E-state index >= 15 is 0 Å². The monoisotopic (exact) mass is 509 g/mol. The molecule has 2 aromatic heterocycles. The first-order chi connectivity index (χ1) is 17.5. The molecule has 9 nitrogen and oxygen atoms in total. The van der Waals surface area contributed by atoms with Crippen LogP contribution in [0, 0.1) is 0 Å². The third kappa shape index (κ3) is 3.94. The summed E-state index contributed by atoms with van der Waals surface area (Å²) in [7, 11) is 0. The van der Waals surface area contributed by atoms with Crippen LogP contribution in [-0.4, -0.2) is 80.1 Å². The highest BCUT2D eigenvalue weighted by atomic mass is 35.5. The van der Waals surface area contributed by atoms with Gasteiger partial charge in [0.15, 0.2) is 11.8 Å². The Morgan fingerprint density at radius 2 is 1.78 bits per heavy atom. The molecule has 4 heterocycles. The molecule has 4 N–H and O–H groups in total. The van der Waals surface area contributed by atoms with Gasteiger partial charge >= 0.3 is 0 Å². The number of halogens is 1. The van der Waals surface area contributed by atoms with Crippen LogP contribution in [0.5, 0.6) is 6.01 Å². The Morgan fingerprint density at radius 3 is 2.53 bits per heavy atom. The standard InChI is InChI=1S/C26H24ClN3O6/c27-17-10-18-24(29-21(17)16-8-6-15(7-9-16)14-4-2-1-3-5-14)30-25(28-18)36-19-12-34-23-22(19)35-13-26(23,33)20(32)11-31/h1-10,19-20,22-23,31-33H,11-13H2,(H,28,29,30)/t19-,20?,22-,23+,26+/m1/s1. The van der Waals surface area contributed by atoms with E-state index in [-0.39, 0.29) is 19.2 Å². The van der Waals surface area contributed by atoms with Crippen molar-refractivity contribution in [3.63, 3.8) is 0 Å². The summed E-state index contributed by atoms with van der Waals surface area (Å²) in [6, 6.07) is 20.1. The van der Waals surface area contributed by atoms with E-state index in [9.17, 15) is 15.3 Å². The molecule has 0 bridgehead atoms. The first-order valence-corrected chi connectivity index (χ1v) is 12.0. The quantitative estimate of drug-likeness (QED) is 0.312. The zero-order valence-corrected chi connectivity index (χ0v) is 19.8. The van der Waals surface area contributed by atoms with E-state index in [1.54, 1.807) is 6.07 Å². The van der Waals surface area contributed by atoms with Gasteiger partial charge in [0.1, 0.15) is 23.9 Å². The first-order valence-electron chi connectivity index (χ1n) is 11.6. The topological polar surface area (TPSA) is 130 Å². The number of aromatic nitrogens is 3. The molecule has 36 heavy (non-hydrogen) atoms. The number of aliphatic hydroxyl groups excluding tert-OH is 2. The molecule has 0 radical (unpaired) electrons. The van der Waals surface area contributed by atoms with E-state index in [4.69, 9.17) is 25.8 Å². The molecule has 186 valence electrons. The van der Waals surface area contributed by atoms with Crippen LogP contribution < -0.4 is 4.74 Å². The molecule has 0 amide bonds. The fourth-order valence-corrected chi connectivity index (χ4v) is 5.07. The number of imidazole rings is 1. The summed E-state index contributed by atoms with van der Waals surface area (Å²) in [6.45, 7) is -0.654. The molecule has 2 saturated heterocycles. The summed E-state index contributed by atoms with van der Waals surface area (Å²) in [5.41, 5.74) is 3.03. The Hall–Kier alpha value is -3.05. The minimum absolute atomic E-state index is 0.125. The molecule has 2 aromatic carbocycles. The zero-order chi connectivity index (χ0) is 24.9. The van der Waals surface area contributed by atoms with E-state index in [1.165, 1.54) is 0 Å². The Bertz CT molecular complexity index is 1380. The fraction of sp³-hybridized carbons (Fsp3) is 0.308. The predicted molar refractivity (Wildman–Crippen MR) is 132 cm³/mol. The van der Waals surface area contributed by atoms with Crippen molar-refractivity contribution in [1.82, 2.24) is 15.0 Å². The van der Waals surface area contributed by atoms with Gasteiger partial charge in [-0.05, 0) is 17.2 Å². The second-order valence-corrected chi connectivity index (χ2v) is 9.46. The summed E-state index contributed by atoms with van der Waals surface area (Å²) in [5.74, 6) is 0. The molecule has 0 aliphatic carbocycles. The van der Waals surface area contributed by atoms with Gasteiger partial charge in [-0.25, -0.2) is 4.98 Å². The molecule has 5 atom stereocenters. The van der Waals surface area contributed by atoms with Gasteiger partial charge in [-0.2, -0.15) is 4.98 Å². The molecular weight excluding hydrogens is 486 g/mol. The number of H-pyrrole nitrogens is 1. The van der Waals surface area contributed by atoms with E-state index in [0.717, 1.165) is 16.7 Å². The molecule has 2 fully saturated rings. The number of nitrogens with zero attached hydrogens (tertiary/aromatic N) is 2. The van der Waals surface area contributed by atoms with Crippen molar-refractivity contribution >= 4 is 22.8 Å². The number of rotatable bonds is 6. The van der Waals surface area contributed by atoms with Crippen molar-refractivity contribution in [2.45, 2.75) is 30.0 Å². The Labute approximate surface area is 211 Å². The van der Waals surface area contributed by atoms with Crippen LogP contribution in [0.25, 0.3) is 33.5 Å². The third-order valence-corrected chi connectivity index (χ3v) is 7.08. The number of aliphatic hydroxyl groups is 3. The van der Waals surface area contributed by atoms with Crippen LogP contribution in [-0.2, 0) is 9.47 Å². The smallest absolute Gasteiger partial charge is 0.296 e. The number of pyridine rings is 1. The molecule has 0 saturated carbocycles. The number of fused-ring (bicyclic) bond motifs is 2. The van der Waals surface area contributed by atoms with Gasteiger partial charge in [0.2, 0.25) is 0 Å². The zero-order valence-electron chi connectivity index (χ0n) is 19.0. The first kappa shape index (κ1) is 23.4. The average Bonchev–Trinajstić information content (AvgIpc) is 3.59. The van der Waals surface area contributed by atoms with E-state index in [1.807, 2.05) is 42.5 Å². The van der Waals surface area contributed by atoms with Crippen molar-refractivity contribution in [3.8, 4) is 28.4 Å². The third-order valence-electron chi connectivity index (χ3n) is 6.79. The molecule has 1 unspecified atom stereocenters. The molecule has 10 heteroatoms. The number of benzene rings is 2. The second-order valence-electron chi connectivity index (χ2n) is 9.05. The van der Waals surface area contributed by atoms with E-state index < -0.39 is 36.6 Å². The maximum atomic E-state index is 10.7. The van der Waals surface area contributed by atoms with Crippen molar-refractivity contribution in [2.75, 3.05) is 19.8 Å². The SMILES string of the molecule is OCC(O)[C@@]1(O)CO[C@@H]2[C@H](Oc3nc4nc(-c5ccc(-c6ccccc6)cc5)c(Cl)cc4[nH]3)CO[C@@H]21. The van der Waals surface area contributed by atoms with Gasteiger partial charge in [0.25, 0.3) is 6.01 Å². The summed E-state index contributed by atoms with van der Waals surface area (Å²) < 4.78 is 17.3. The maximum absolute atomic E-state index is 10.7. The second kappa shape index (κ2) is 9.11. The summed E-state index contributed by atoms with van der Waals surface area (Å²) in [5, 5.41) is 30.5. The number of aromatic amines is 1. The lowest BCUT2D eigenvalue weighted by Gasteiger charge is -2.30. The summed E-state index contributed by atoms with van der Waals surface area (Å²) in [4.78, 5) is 12.2. The highest BCUT2D eigenvalue weighted by molar-refractivity contribution is 6.33. The summed E-state index contributed by atoms with van der Waals surface area (Å²) >= 11 is 6.56. The molecule has 4 aromatic rings. The number of hydrogen-bond donors (Lipinski definition) is 4. The maximum Gasteiger partial charge on any atom is 0.296 e. The normalized spacial score (nSPS) is 26.3. The lowest BCUT2D eigenvalue weighted by Crippen LogP contribution is -2.54. The highest BCUT2D eigenvalue weighted by Crippen LogP contribution is 2.38. The molecule has 2 aliphatic rings. The molecule has 2 aliphatic heterocycles. The van der Waals surface area contributed by atoms with Gasteiger partial charge < -0.3 is 34.5 Å². The van der Waals surface area contributed by atoms with Gasteiger partial charge in [-0.3, -0.25) is 0 Å². The average molecular weight is 510 g/mol. The minimum Gasteiger partial charge on any atom is -0.456 e. The number of nitrogens with one attached hydrogen (secondary N) is 1. The van der Waals surface area contributed by atoms with E-state index in [0.29, 0.717) is 21.9 Å². The largest absolute Gasteiger partial charge is 0.456 e. The lowest BCUT2D eigenvalue weighted by molar-refractivity contribution is -0.147. The number of hydrogen-bond acceptors (Lipinski definition) is 8. The van der Waals surface area contributed by atoms with Crippen LogP contribution in [0.4, 0.5) is 0 Å². The van der Waals surface area contributed by atoms with Gasteiger partial charge in [0.05, 0.1) is 36.1 Å². The van der Waals surface area contributed by atoms with Crippen LogP contribution in [0.2, 0.25) is 5.02 Å². The Balaban J connectivity index is 1.22. The van der Waals surface area contributed by atoms with E-state index in [2.05, 4.69) is 27.1 Å². The van der Waals surface area contributed by atoms with Crippen molar-refractivity contribution in [2.24, 2.45) is 0 Å². The van der Waals surface area contributed by atoms with Crippen molar-refractivity contribution in [1.29, 1.82) is 0 Å². The Morgan fingerprint density at radius 1 is 1.06 bits per heavy atom. The Kier molecular flexibility index (Phi) is 5.91. The molecular formula is C26H24ClN3O6. The minimum atomic E-state index is -1.70. The lowest BCUT2D eigenvalue weighted by atomic mass is 9.90.